The Morgan fingerprint density at radius 1 is 1.00 bits per heavy atom. The quantitative estimate of drug-likeness (QED) is 0.352. The average Bonchev–Trinajstić information content (AvgIpc) is 3.20. The second-order valence-corrected chi connectivity index (χ2v) is 8.91. The molecule has 0 unspecified atom stereocenters. The zero-order valence-electron chi connectivity index (χ0n) is 16.6. The number of benzene rings is 2. The van der Waals surface area contributed by atoms with E-state index in [1.54, 1.807) is 24.3 Å². The van der Waals surface area contributed by atoms with Gasteiger partial charge in [-0.05, 0) is 36.1 Å². The number of aryl methyl sites for hydroxylation is 2. The summed E-state index contributed by atoms with van der Waals surface area (Å²) in [4.78, 5) is 24.8. The Morgan fingerprint density at radius 2 is 1.70 bits per heavy atom. The lowest BCUT2D eigenvalue weighted by Gasteiger charge is -2.14. The molecule has 0 spiro atoms. The summed E-state index contributed by atoms with van der Waals surface area (Å²) in [6, 6.07) is 12.9. The van der Waals surface area contributed by atoms with Crippen molar-refractivity contribution >= 4 is 57.3 Å². The number of amides is 2. The molecule has 1 aromatic heterocycles. The molecular formula is C21H21ClN4O2S2. The van der Waals surface area contributed by atoms with Crippen molar-refractivity contribution in [1.29, 1.82) is 0 Å². The van der Waals surface area contributed by atoms with Gasteiger partial charge in [-0.1, -0.05) is 78.9 Å². The van der Waals surface area contributed by atoms with E-state index in [9.17, 15) is 9.59 Å². The first-order chi connectivity index (χ1) is 14.5. The molecule has 3 rings (SSSR count). The van der Waals surface area contributed by atoms with Crippen LogP contribution < -0.4 is 10.6 Å². The van der Waals surface area contributed by atoms with Crippen molar-refractivity contribution < 1.29 is 9.59 Å². The molecule has 156 valence electrons. The summed E-state index contributed by atoms with van der Waals surface area (Å²) in [5.74, 6) is -0.254. The highest BCUT2D eigenvalue weighted by Gasteiger charge is 2.15. The fourth-order valence-electron chi connectivity index (χ4n) is 2.83. The van der Waals surface area contributed by atoms with Gasteiger partial charge in [-0.25, -0.2) is 0 Å². The molecule has 1 heterocycles. The molecule has 0 saturated heterocycles. The Balaban J connectivity index is 1.58. The second-order valence-electron chi connectivity index (χ2n) is 6.30. The maximum atomic E-state index is 12.5. The fourth-order valence-corrected chi connectivity index (χ4v) is 4.60. The standard InChI is InChI=1S/C21H21ClN4O2S2/c1-3-13-8-7-9-14(4-2)18(13)23-17(27)12-29-21-26-25-20(30-21)24-19(28)15-10-5-6-11-16(15)22/h5-11H,3-4,12H2,1-2H3,(H,23,27)(H,24,25,28). The zero-order chi connectivity index (χ0) is 21.5. The number of thioether (sulfide) groups is 1. The van der Waals surface area contributed by atoms with E-state index in [1.165, 1.54) is 23.1 Å². The molecule has 3 aromatic rings. The number of nitrogens with zero attached hydrogens (tertiary/aromatic N) is 2. The lowest BCUT2D eigenvalue weighted by molar-refractivity contribution is -0.113. The number of anilines is 2. The van der Waals surface area contributed by atoms with E-state index < -0.39 is 0 Å². The molecule has 0 bridgehead atoms. The number of rotatable bonds is 8. The molecule has 0 atom stereocenters. The largest absolute Gasteiger partial charge is 0.325 e. The van der Waals surface area contributed by atoms with Gasteiger partial charge in [0.2, 0.25) is 11.0 Å². The predicted molar refractivity (Wildman–Crippen MR) is 124 cm³/mol. The van der Waals surface area contributed by atoms with Crippen molar-refractivity contribution in [2.24, 2.45) is 0 Å². The molecule has 2 N–H and O–H groups in total. The Hall–Kier alpha value is -2.42. The Morgan fingerprint density at radius 3 is 2.37 bits per heavy atom. The van der Waals surface area contributed by atoms with E-state index in [1.807, 2.05) is 18.2 Å². The molecule has 2 aromatic carbocycles. The highest BCUT2D eigenvalue weighted by atomic mass is 35.5. The van der Waals surface area contributed by atoms with Gasteiger partial charge in [-0.2, -0.15) is 0 Å². The van der Waals surface area contributed by atoms with Crippen LogP contribution in [-0.4, -0.2) is 27.8 Å². The van der Waals surface area contributed by atoms with Crippen LogP contribution in [-0.2, 0) is 17.6 Å². The number of carbonyl (C=O) groups is 2. The maximum absolute atomic E-state index is 12.5. The highest BCUT2D eigenvalue weighted by Crippen LogP contribution is 2.27. The lowest BCUT2D eigenvalue weighted by Crippen LogP contribution is -2.16. The smallest absolute Gasteiger partial charge is 0.259 e. The molecule has 30 heavy (non-hydrogen) atoms. The van der Waals surface area contributed by atoms with Crippen molar-refractivity contribution in [1.82, 2.24) is 10.2 Å². The summed E-state index contributed by atoms with van der Waals surface area (Å²) < 4.78 is 0.596. The van der Waals surface area contributed by atoms with Gasteiger partial charge >= 0.3 is 0 Å². The maximum Gasteiger partial charge on any atom is 0.259 e. The van der Waals surface area contributed by atoms with Gasteiger partial charge in [0.1, 0.15) is 0 Å². The first-order valence-corrected chi connectivity index (χ1v) is 11.6. The average molecular weight is 461 g/mol. The van der Waals surface area contributed by atoms with Gasteiger partial charge in [0.15, 0.2) is 4.34 Å². The molecule has 0 fully saturated rings. The van der Waals surface area contributed by atoms with Crippen LogP contribution in [0.5, 0.6) is 0 Å². The summed E-state index contributed by atoms with van der Waals surface area (Å²) in [6.07, 6.45) is 1.70. The van der Waals surface area contributed by atoms with E-state index in [0.29, 0.717) is 20.1 Å². The number of halogens is 1. The van der Waals surface area contributed by atoms with Gasteiger partial charge in [0.05, 0.1) is 16.3 Å². The SMILES string of the molecule is CCc1cccc(CC)c1NC(=O)CSc1nnc(NC(=O)c2ccccc2Cl)s1. The van der Waals surface area contributed by atoms with Crippen molar-refractivity contribution in [2.45, 2.75) is 31.0 Å². The van der Waals surface area contributed by atoms with E-state index in [-0.39, 0.29) is 17.6 Å². The molecule has 0 aliphatic heterocycles. The summed E-state index contributed by atoms with van der Waals surface area (Å²) in [5.41, 5.74) is 3.50. The summed E-state index contributed by atoms with van der Waals surface area (Å²) in [5, 5.41) is 14.4. The minimum atomic E-state index is -0.352. The van der Waals surface area contributed by atoms with Crippen LogP contribution in [0.25, 0.3) is 0 Å². The van der Waals surface area contributed by atoms with E-state index in [0.717, 1.165) is 29.7 Å². The number of nitrogens with one attached hydrogen (secondary N) is 2. The third-order valence-electron chi connectivity index (χ3n) is 4.34. The van der Waals surface area contributed by atoms with Gasteiger partial charge in [0.25, 0.3) is 5.91 Å². The van der Waals surface area contributed by atoms with Crippen LogP contribution in [0.2, 0.25) is 5.02 Å². The molecule has 6 nitrogen and oxygen atoms in total. The Labute approximate surface area is 188 Å². The number of para-hydroxylation sites is 1. The third kappa shape index (κ3) is 5.59. The topological polar surface area (TPSA) is 84.0 Å². The number of hydrogen-bond acceptors (Lipinski definition) is 6. The fraction of sp³-hybridized carbons (Fsp3) is 0.238. The second kappa shape index (κ2) is 10.6. The van der Waals surface area contributed by atoms with Crippen molar-refractivity contribution in [3.63, 3.8) is 0 Å². The van der Waals surface area contributed by atoms with Crippen LogP contribution in [0.3, 0.4) is 0 Å². The monoisotopic (exact) mass is 460 g/mol. The molecule has 0 radical (unpaired) electrons. The first-order valence-electron chi connectivity index (χ1n) is 9.44. The molecule has 9 heteroatoms. The molecule has 0 aliphatic rings. The summed E-state index contributed by atoms with van der Waals surface area (Å²) in [6.45, 7) is 4.14. The van der Waals surface area contributed by atoms with Crippen LogP contribution >= 0.6 is 34.7 Å². The van der Waals surface area contributed by atoms with Crippen LogP contribution in [0.1, 0.15) is 35.3 Å². The van der Waals surface area contributed by atoms with Crippen LogP contribution in [0.4, 0.5) is 10.8 Å². The normalized spacial score (nSPS) is 10.6. The van der Waals surface area contributed by atoms with Crippen LogP contribution in [0.15, 0.2) is 46.8 Å². The Bertz CT molecular complexity index is 1030. The van der Waals surface area contributed by atoms with Crippen molar-refractivity contribution in [3.05, 3.63) is 64.2 Å². The third-order valence-corrected chi connectivity index (χ3v) is 6.64. The van der Waals surface area contributed by atoms with Gasteiger partial charge < -0.3 is 5.32 Å². The Kier molecular flexibility index (Phi) is 7.84. The van der Waals surface area contributed by atoms with Gasteiger partial charge in [-0.15, -0.1) is 10.2 Å². The lowest BCUT2D eigenvalue weighted by atomic mass is 10.0. The highest BCUT2D eigenvalue weighted by molar-refractivity contribution is 8.01. The summed E-state index contributed by atoms with van der Waals surface area (Å²) >= 11 is 8.53. The minimum absolute atomic E-state index is 0.104. The molecule has 0 saturated carbocycles. The van der Waals surface area contributed by atoms with Gasteiger partial charge in [-0.3, -0.25) is 14.9 Å². The van der Waals surface area contributed by atoms with Gasteiger partial charge in [0, 0.05) is 5.69 Å². The molecule has 2 amide bonds. The van der Waals surface area contributed by atoms with Crippen molar-refractivity contribution in [3.8, 4) is 0 Å². The minimum Gasteiger partial charge on any atom is -0.325 e. The number of hydrogen-bond donors (Lipinski definition) is 2. The van der Waals surface area contributed by atoms with E-state index >= 15 is 0 Å². The molecule has 0 aliphatic carbocycles. The van der Waals surface area contributed by atoms with E-state index in [2.05, 4.69) is 34.7 Å². The number of aromatic nitrogens is 2. The predicted octanol–water partition coefficient (Wildman–Crippen LogP) is 5.30. The van der Waals surface area contributed by atoms with Crippen molar-refractivity contribution in [2.75, 3.05) is 16.4 Å². The summed E-state index contributed by atoms with van der Waals surface area (Å²) in [7, 11) is 0. The van der Waals surface area contributed by atoms with E-state index in [4.69, 9.17) is 11.6 Å². The molecular weight excluding hydrogens is 440 g/mol. The zero-order valence-corrected chi connectivity index (χ0v) is 19.0. The first kappa shape index (κ1) is 22.3. The van der Waals surface area contributed by atoms with Crippen LogP contribution in [0, 0.1) is 0 Å². The number of carbonyl (C=O) groups excluding carboxylic acids is 2.